The minimum atomic E-state index is -4.11. The zero-order valence-electron chi connectivity index (χ0n) is 20.9. The number of ether oxygens (including phenoxy) is 1. The molecule has 0 unspecified atom stereocenters. The molecule has 0 spiro atoms. The summed E-state index contributed by atoms with van der Waals surface area (Å²) in [7, 11) is 0. The van der Waals surface area contributed by atoms with Crippen molar-refractivity contribution in [2.24, 2.45) is 11.3 Å². The van der Waals surface area contributed by atoms with E-state index in [1.54, 1.807) is 23.2 Å². The molecule has 1 aliphatic carbocycles. The highest BCUT2D eigenvalue weighted by molar-refractivity contribution is 5.94. The molecule has 2 saturated heterocycles. The van der Waals surface area contributed by atoms with Gasteiger partial charge in [0.05, 0.1) is 18.1 Å². The first-order chi connectivity index (χ1) is 17.7. The highest BCUT2D eigenvalue weighted by Crippen LogP contribution is 2.53. The molecule has 3 heterocycles. The number of alkyl halides is 3. The Kier molecular flexibility index (Phi) is 7.45. The molecule has 37 heavy (non-hydrogen) atoms. The number of halogens is 3. The zero-order valence-corrected chi connectivity index (χ0v) is 20.9. The minimum Gasteiger partial charge on any atom is -0.477 e. The van der Waals surface area contributed by atoms with E-state index in [4.69, 9.17) is 4.74 Å². The molecule has 2 aliphatic heterocycles. The monoisotopic (exact) mass is 517 g/mol. The van der Waals surface area contributed by atoms with Crippen LogP contribution in [0.4, 0.5) is 13.2 Å². The van der Waals surface area contributed by atoms with Crippen molar-refractivity contribution < 1.29 is 27.8 Å². The Hall–Kier alpha value is -2.65. The number of carbonyl (C=O) groups is 1. The van der Waals surface area contributed by atoms with Crippen molar-refractivity contribution in [3.63, 3.8) is 0 Å². The van der Waals surface area contributed by atoms with E-state index < -0.39 is 17.7 Å². The van der Waals surface area contributed by atoms with Crippen molar-refractivity contribution in [1.29, 1.82) is 0 Å². The van der Waals surface area contributed by atoms with Crippen LogP contribution in [-0.2, 0) is 0 Å². The van der Waals surface area contributed by atoms with Gasteiger partial charge in [-0.05, 0) is 74.9 Å². The Morgan fingerprint density at radius 1 is 1.03 bits per heavy atom. The number of β-amino-alcohol motifs (C(OH)–C–C–N with tert-alkyl or cyclic N) is 1. The number of carbonyl (C=O) groups excluding carboxylic acids is 1. The number of aliphatic hydroxyl groups excluding tert-OH is 1. The van der Waals surface area contributed by atoms with Gasteiger partial charge in [0.25, 0.3) is 5.91 Å². The maximum atomic E-state index is 13.5. The summed E-state index contributed by atoms with van der Waals surface area (Å²) in [6.45, 7) is 2.94. The molecule has 200 valence electrons. The molecule has 2 aromatic rings. The predicted octanol–water partition coefficient (Wildman–Crippen LogP) is 4.78. The third kappa shape index (κ3) is 5.77. The summed E-state index contributed by atoms with van der Waals surface area (Å²) in [4.78, 5) is 20.6. The minimum absolute atomic E-state index is 0.0706. The molecule has 3 fully saturated rings. The first kappa shape index (κ1) is 26.0. The topological polar surface area (TPSA) is 65.9 Å². The predicted molar refractivity (Wildman–Crippen MR) is 133 cm³/mol. The molecular weight excluding hydrogens is 483 g/mol. The lowest BCUT2D eigenvalue weighted by Crippen LogP contribution is -2.53. The van der Waals surface area contributed by atoms with Crippen LogP contribution >= 0.6 is 0 Å². The van der Waals surface area contributed by atoms with Gasteiger partial charge < -0.3 is 19.6 Å². The molecule has 3 aliphatic rings. The molecule has 0 radical (unpaired) electrons. The number of pyridine rings is 1. The average Bonchev–Trinajstić information content (AvgIpc) is 3.31. The van der Waals surface area contributed by atoms with Crippen molar-refractivity contribution in [2.45, 2.75) is 50.8 Å². The van der Waals surface area contributed by atoms with E-state index in [0.29, 0.717) is 63.0 Å². The summed E-state index contributed by atoms with van der Waals surface area (Å²) in [5.41, 5.74) is 0.950. The first-order valence-corrected chi connectivity index (χ1v) is 13.2. The SMILES string of the molecule is O=C(c1ccc(-c2ccc(OCC3CCN(CC4(C(F)(F)F)CCC4)CC3)nc2)cc1)N1CC[C@@H](O)C1. The molecule has 1 aromatic heterocycles. The summed E-state index contributed by atoms with van der Waals surface area (Å²) < 4.78 is 46.3. The number of hydrogen-bond acceptors (Lipinski definition) is 5. The fraction of sp³-hybridized carbons (Fsp3) is 0.571. The molecule has 6 nitrogen and oxygen atoms in total. The number of benzene rings is 1. The first-order valence-electron chi connectivity index (χ1n) is 13.2. The fourth-order valence-corrected chi connectivity index (χ4v) is 5.63. The van der Waals surface area contributed by atoms with E-state index in [1.807, 2.05) is 29.2 Å². The average molecular weight is 518 g/mol. The Morgan fingerprint density at radius 3 is 2.27 bits per heavy atom. The molecular formula is C28H34F3N3O3. The second kappa shape index (κ2) is 10.6. The number of nitrogens with zero attached hydrogens (tertiary/aromatic N) is 3. The van der Waals surface area contributed by atoms with Crippen molar-refractivity contribution >= 4 is 5.91 Å². The van der Waals surface area contributed by atoms with Crippen molar-refractivity contribution in [1.82, 2.24) is 14.8 Å². The summed E-state index contributed by atoms with van der Waals surface area (Å²) in [6.07, 6.45) is 0.643. The van der Waals surface area contributed by atoms with Gasteiger partial charge in [0.2, 0.25) is 5.88 Å². The zero-order chi connectivity index (χ0) is 26.0. The van der Waals surface area contributed by atoms with Gasteiger partial charge in [-0.1, -0.05) is 18.6 Å². The number of piperidine rings is 1. The van der Waals surface area contributed by atoms with Crippen LogP contribution in [0, 0.1) is 11.3 Å². The van der Waals surface area contributed by atoms with Crippen LogP contribution in [0.3, 0.4) is 0 Å². The Morgan fingerprint density at radius 2 is 1.73 bits per heavy atom. The fourth-order valence-electron chi connectivity index (χ4n) is 5.63. The van der Waals surface area contributed by atoms with Crippen LogP contribution in [-0.4, -0.2) is 77.4 Å². The van der Waals surface area contributed by atoms with Gasteiger partial charge in [0.1, 0.15) is 0 Å². The van der Waals surface area contributed by atoms with Gasteiger partial charge >= 0.3 is 6.18 Å². The van der Waals surface area contributed by atoms with E-state index >= 15 is 0 Å². The summed E-state index contributed by atoms with van der Waals surface area (Å²) >= 11 is 0. The molecule has 0 bridgehead atoms. The van der Waals surface area contributed by atoms with Gasteiger partial charge in [-0.2, -0.15) is 13.2 Å². The molecule has 1 aromatic carbocycles. The van der Waals surface area contributed by atoms with Crippen LogP contribution in [0.15, 0.2) is 42.6 Å². The maximum Gasteiger partial charge on any atom is 0.395 e. The smallest absolute Gasteiger partial charge is 0.395 e. The molecule has 1 amide bonds. The van der Waals surface area contributed by atoms with E-state index in [9.17, 15) is 23.1 Å². The van der Waals surface area contributed by atoms with Crippen LogP contribution in [0.1, 0.15) is 48.9 Å². The summed E-state index contributed by atoms with van der Waals surface area (Å²) in [5, 5.41) is 9.66. The van der Waals surface area contributed by atoms with E-state index in [2.05, 4.69) is 4.98 Å². The van der Waals surface area contributed by atoms with Crippen molar-refractivity contribution in [2.75, 3.05) is 39.3 Å². The maximum absolute atomic E-state index is 13.5. The van der Waals surface area contributed by atoms with Crippen LogP contribution in [0.2, 0.25) is 0 Å². The Balaban J connectivity index is 1.08. The van der Waals surface area contributed by atoms with Crippen LogP contribution < -0.4 is 4.74 Å². The van der Waals surface area contributed by atoms with E-state index in [-0.39, 0.29) is 25.3 Å². The normalized spacial score (nSPS) is 22.6. The highest BCUT2D eigenvalue weighted by Gasteiger charge is 2.58. The number of rotatable bonds is 7. The summed E-state index contributed by atoms with van der Waals surface area (Å²) in [6, 6.07) is 11.1. The number of hydrogen-bond donors (Lipinski definition) is 1. The number of likely N-dealkylation sites (tertiary alicyclic amines) is 2. The lowest BCUT2D eigenvalue weighted by Gasteiger charge is -2.47. The molecule has 1 N–H and O–H groups in total. The lowest BCUT2D eigenvalue weighted by molar-refractivity contribution is -0.256. The largest absolute Gasteiger partial charge is 0.477 e. The van der Waals surface area contributed by atoms with Gasteiger partial charge in [-0.25, -0.2) is 4.98 Å². The lowest BCUT2D eigenvalue weighted by atomic mass is 9.67. The van der Waals surface area contributed by atoms with Gasteiger partial charge in [0.15, 0.2) is 0 Å². The standard InChI is InChI=1S/C28H34F3N3O3/c29-28(30,31)27(11-1-12-27)19-33-13-8-20(9-14-33)18-37-25-7-6-23(16-32-25)21-2-4-22(5-3-21)26(36)34-15-10-24(35)17-34/h2-7,16,20,24,35H,1,8-15,17-19H2/t24-/m1/s1. The second-order valence-electron chi connectivity index (χ2n) is 10.8. The van der Waals surface area contributed by atoms with Crippen molar-refractivity contribution in [3.8, 4) is 17.0 Å². The molecule has 9 heteroatoms. The number of aromatic nitrogens is 1. The molecule has 5 rings (SSSR count). The molecule has 1 atom stereocenters. The number of amides is 1. The third-order valence-electron chi connectivity index (χ3n) is 8.26. The Bertz CT molecular complexity index is 1060. The van der Waals surface area contributed by atoms with E-state index in [0.717, 1.165) is 24.0 Å². The third-order valence-corrected chi connectivity index (χ3v) is 8.26. The van der Waals surface area contributed by atoms with Gasteiger partial charge in [-0.3, -0.25) is 4.79 Å². The van der Waals surface area contributed by atoms with Crippen molar-refractivity contribution in [3.05, 3.63) is 48.2 Å². The quantitative estimate of drug-likeness (QED) is 0.573. The summed E-state index contributed by atoms with van der Waals surface area (Å²) in [5.74, 6) is 0.762. The molecule has 1 saturated carbocycles. The van der Waals surface area contributed by atoms with Gasteiger partial charge in [-0.15, -0.1) is 0 Å². The highest BCUT2D eigenvalue weighted by atomic mass is 19.4. The van der Waals surface area contributed by atoms with Crippen LogP contribution in [0.5, 0.6) is 5.88 Å². The van der Waals surface area contributed by atoms with Gasteiger partial charge in [0, 0.05) is 43.0 Å². The Labute approximate surface area is 215 Å². The number of aliphatic hydroxyl groups is 1. The second-order valence-corrected chi connectivity index (χ2v) is 10.8. The van der Waals surface area contributed by atoms with Crippen LogP contribution in [0.25, 0.3) is 11.1 Å². The van der Waals surface area contributed by atoms with E-state index in [1.165, 1.54) is 0 Å².